The molecule has 0 aromatic carbocycles. The first-order valence-corrected chi connectivity index (χ1v) is 43.7. The maximum Gasteiger partial charge on any atom is 0.472 e. The molecule has 0 bridgehead atoms. The van der Waals surface area contributed by atoms with Crippen molar-refractivity contribution < 1.29 is 80.2 Å². The van der Waals surface area contributed by atoms with Crippen LogP contribution < -0.4 is 0 Å². The minimum absolute atomic E-state index is 0.0314. The highest BCUT2D eigenvalue weighted by molar-refractivity contribution is 7.47. The van der Waals surface area contributed by atoms with Gasteiger partial charge in [0.2, 0.25) is 0 Å². The minimum atomic E-state index is -5.00. The Bertz CT molecular complexity index is 2630. The van der Waals surface area contributed by atoms with Crippen molar-refractivity contribution in [2.45, 2.75) is 329 Å². The Morgan fingerprint density at radius 3 is 0.774 bits per heavy atom. The number of unbranched alkanes of at least 4 members (excludes halogenated alkanes) is 23. The number of hydrogen-bond acceptors (Lipinski definition) is 15. The van der Waals surface area contributed by atoms with Gasteiger partial charge < -0.3 is 33.8 Å². The van der Waals surface area contributed by atoms with Crippen LogP contribution in [0.1, 0.15) is 310 Å². The molecule has 106 heavy (non-hydrogen) atoms. The minimum Gasteiger partial charge on any atom is -0.462 e. The van der Waals surface area contributed by atoms with E-state index in [0.29, 0.717) is 32.1 Å². The number of rotatable bonds is 75. The molecule has 0 fully saturated rings. The van der Waals surface area contributed by atoms with Crippen molar-refractivity contribution >= 4 is 39.5 Å². The number of allylic oxidation sites excluding steroid dienone is 26. The van der Waals surface area contributed by atoms with Crippen LogP contribution in [0.25, 0.3) is 0 Å². The Labute approximate surface area is 642 Å². The molecule has 19 heteroatoms. The molecule has 0 saturated carbocycles. The monoisotopic (exact) mass is 1520 g/mol. The molecule has 0 aromatic rings. The highest BCUT2D eigenvalue weighted by Gasteiger charge is 2.30. The van der Waals surface area contributed by atoms with E-state index in [4.69, 9.17) is 37.0 Å². The SMILES string of the molecule is CC/C=C\C/C=C\C/C=C\C/C=C\CCCCCCC(=O)OCC(COP(=O)(O)OCC(O)COP(=O)(O)OCC(COC(=O)CCCCCCCC/C=C\C/C=C\C/C=C\CCCCC)OC(=O)CCCCCCC/C=C\C/C=C\CCCCC)OC(=O)CCCC/C=C\C/C=C\C/C=C\C/C=C\CC. The van der Waals surface area contributed by atoms with Crippen molar-refractivity contribution in [2.75, 3.05) is 39.6 Å². The van der Waals surface area contributed by atoms with Gasteiger partial charge in [-0.25, -0.2) is 9.13 Å². The van der Waals surface area contributed by atoms with Crippen LogP contribution in [0.3, 0.4) is 0 Å². The molecule has 0 rings (SSSR count). The molecule has 5 atom stereocenters. The van der Waals surface area contributed by atoms with Crippen molar-refractivity contribution in [3.8, 4) is 0 Å². The van der Waals surface area contributed by atoms with Crippen LogP contribution in [0.4, 0.5) is 0 Å². The molecule has 0 aliphatic carbocycles. The van der Waals surface area contributed by atoms with E-state index in [2.05, 4.69) is 186 Å². The molecular weight excluding hydrogens is 1380 g/mol. The number of esters is 4. The van der Waals surface area contributed by atoms with Gasteiger partial charge in [0.1, 0.15) is 19.3 Å². The Kier molecular flexibility index (Phi) is 73.9. The molecule has 3 N–H and O–H groups in total. The van der Waals surface area contributed by atoms with E-state index >= 15 is 0 Å². The average molecular weight is 1520 g/mol. The van der Waals surface area contributed by atoms with E-state index < -0.39 is 97.5 Å². The van der Waals surface area contributed by atoms with Gasteiger partial charge in [-0.05, 0) is 173 Å². The molecule has 0 aliphatic heterocycles. The molecule has 0 radical (unpaired) electrons. The topological polar surface area (TPSA) is 237 Å². The molecule has 17 nitrogen and oxygen atoms in total. The summed E-state index contributed by atoms with van der Waals surface area (Å²) in [7, 11) is -10.00. The Hall–Kier alpha value is -5.32. The Balaban J connectivity index is 5.45. The van der Waals surface area contributed by atoms with E-state index in [0.717, 1.165) is 186 Å². The van der Waals surface area contributed by atoms with Crippen LogP contribution in [0.2, 0.25) is 0 Å². The van der Waals surface area contributed by atoms with Crippen LogP contribution in [-0.4, -0.2) is 96.7 Å². The fourth-order valence-electron chi connectivity index (χ4n) is 10.3. The summed E-state index contributed by atoms with van der Waals surface area (Å²) in [4.78, 5) is 73.1. The number of phosphoric acid groups is 2. The standard InChI is InChI=1S/C87H144O17P2/c1-5-9-13-17-21-25-29-33-37-39-40-42-46-48-52-56-60-64-68-72-85(90)98-78-83(104-87(92)74-70-66-62-58-54-50-44-36-32-28-24-20-16-12-8-4)80-102-106(95,96)100-76-81(88)75-99-105(93,94)101-79-82(103-86(91)73-69-65-61-57-53-49-43-35-31-27-23-19-15-11-7-3)77-97-84(89)71-67-63-59-55-51-47-45-41-38-34-30-26-22-18-14-10-6-2/h10-11,14-15,21-28,33-38,40,42-45,47,53,57,81-83,88H,5-9,12-13,16-20,29-32,39,41,46,48-52,54-56,58-80H2,1-4H3,(H,93,94)(H,95,96)/b14-10-,15-11-,25-21-,26-22-,27-23-,28-24-,37-33-,38-34-,42-40-,43-35-,44-36-,47-45-,57-53-. The molecule has 0 spiro atoms. The van der Waals surface area contributed by atoms with Gasteiger partial charge in [0.25, 0.3) is 0 Å². The number of ether oxygens (including phenoxy) is 4. The van der Waals surface area contributed by atoms with Gasteiger partial charge in [0.05, 0.1) is 26.4 Å². The van der Waals surface area contributed by atoms with Crippen LogP contribution >= 0.6 is 15.6 Å². The van der Waals surface area contributed by atoms with Gasteiger partial charge in [0, 0.05) is 25.7 Å². The van der Waals surface area contributed by atoms with Gasteiger partial charge in [-0.2, -0.15) is 0 Å². The van der Waals surface area contributed by atoms with Gasteiger partial charge in [-0.15, -0.1) is 0 Å². The first kappa shape index (κ1) is 101. The summed E-state index contributed by atoms with van der Waals surface area (Å²) in [6.45, 7) is 4.49. The van der Waals surface area contributed by atoms with Gasteiger partial charge in [-0.1, -0.05) is 269 Å². The summed E-state index contributed by atoms with van der Waals surface area (Å²) in [5.74, 6) is -2.28. The van der Waals surface area contributed by atoms with Crippen LogP contribution in [0.5, 0.6) is 0 Å². The fraction of sp³-hybridized carbons (Fsp3) is 0.655. The molecule has 0 amide bonds. The lowest BCUT2D eigenvalue weighted by molar-refractivity contribution is -0.161. The first-order chi connectivity index (χ1) is 51.7. The normalized spacial score (nSPS) is 14.7. The average Bonchev–Trinajstić information content (AvgIpc) is 0.928. The number of aliphatic hydroxyl groups excluding tert-OH is 1. The summed E-state index contributed by atoms with van der Waals surface area (Å²) in [6.07, 6.45) is 90.7. The second-order valence-electron chi connectivity index (χ2n) is 26.6. The zero-order valence-electron chi connectivity index (χ0n) is 66.1. The largest absolute Gasteiger partial charge is 0.472 e. The van der Waals surface area contributed by atoms with Gasteiger partial charge in [0.15, 0.2) is 12.2 Å². The third-order valence-corrected chi connectivity index (χ3v) is 18.4. The summed E-state index contributed by atoms with van der Waals surface area (Å²) in [6, 6.07) is 0. The van der Waals surface area contributed by atoms with Crippen molar-refractivity contribution in [1.29, 1.82) is 0 Å². The maximum atomic E-state index is 13.1. The molecule has 604 valence electrons. The van der Waals surface area contributed by atoms with Crippen molar-refractivity contribution in [2.24, 2.45) is 0 Å². The Morgan fingerprint density at radius 2 is 0.491 bits per heavy atom. The smallest absolute Gasteiger partial charge is 0.462 e. The van der Waals surface area contributed by atoms with E-state index in [1.54, 1.807) is 0 Å². The molecule has 5 unspecified atom stereocenters. The van der Waals surface area contributed by atoms with Crippen molar-refractivity contribution in [3.05, 3.63) is 158 Å². The molecule has 0 aliphatic rings. The predicted molar refractivity (Wildman–Crippen MR) is 436 cm³/mol. The number of carbonyl (C=O) groups excluding carboxylic acids is 4. The lowest BCUT2D eigenvalue weighted by Gasteiger charge is -2.21. The summed E-state index contributed by atoms with van der Waals surface area (Å²) >= 11 is 0. The van der Waals surface area contributed by atoms with E-state index in [9.17, 15) is 43.2 Å². The van der Waals surface area contributed by atoms with Crippen molar-refractivity contribution in [1.82, 2.24) is 0 Å². The quantitative estimate of drug-likeness (QED) is 0.0169. The first-order valence-electron chi connectivity index (χ1n) is 40.7. The van der Waals surface area contributed by atoms with Crippen LogP contribution in [0.15, 0.2) is 158 Å². The van der Waals surface area contributed by atoms with Crippen LogP contribution in [-0.2, 0) is 65.4 Å². The highest BCUT2D eigenvalue weighted by atomic mass is 31.2. The zero-order valence-corrected chi connectivity index (χ0v) is 67.8. The van der Waals surface area contributed by atoms with Gasteiger partial charge >= 0.3 is 39.5 Å². The number of phosphoric ester groups is 2. The van der Waals surface area contributed by atoms with E-state index in [1.165, 1.54) is 38.5 Å². The number of carbonyl (C=O) groups is 4. The third kappa shape index (κ3) is 76.9. The lowest BCUT2D eigenvalue weighted by Crippen LogP contribution is -2.30. The zero-order chi connectivity index (χ0) is 77.4. The lowest BCUT2D eigenvalue weighted by atomic mass is 10.1. The summed E-state index contributed by atoms with van der Waals surface area (Å²) < 4.78 is 68.6. The maximum absolute atomic E-state index is 13.1. The Morgan fingerprint density at radius 1 is 0.274 bits per heavy atom. The molecule has 0 saturated heterocycles. The van der Waals surface area contributed by atoms with Crippen LogP contribution in [0, 0.1) is 0 Å². The molecule has 0 heterocycles. The summed E-state index contributed by atoms with van der Waals surface area (Å²) in [5, 5.41) is 10.7. The van der Waals surface area contributed by atoms with E-state index in [-0.39, 0.29) is 25.7 Å². The number of hydrogen-bond donors (Lipinski definition) is 3. The fourth-order valence-corrected chi connectivity index (χ4v) is 11.9. The predicted octanol–water partition coefficient (Wildman–Crippen LogP) is 24.0. The van der Waals surface area contributed by atoms with Crippen molar-refractivity contribution in [3.63, 3.8) is 0 Å². The van der Waals surface area contributed by atoms with E-state index in [1.807, 2.05) is 0 Å². The molecular formula is C87H144O17P2. The number of aliphatic hydroxyl groups is 1. The third-order valence-electron chi connectivity index (χ3n) is 16.5. The second-order valence-corrected chi connectivity index (χ2v) is 29.5. The second kappa shape index (κ2) is 77.8. The molecule has 0 aromatic heterocycles. The highest BCUT2D eigenvalue weighted by Crippen LogP contribution is 2.45. The summed E-state index contributed by atoms with van der Waals surface area (Å²) in [5.41, 5.74) is 0. The van der Waals surface area contributed by atoms with Gasteiger partial charge in [-0.3, -0.25) is 37.3 Å².